The van der Waals surface area contributed by atoms with E-state index in [2.05, 4.69) is 41.4 Å². The zero-order valence-electron chi connectivity index (χ0n) is 16.2. The molecule has 1 aliphatic heterocycles. The molecule has 1 atom stereocenters. The smallest absolute Gasteiger partial charge is 0.336 e. The number of nitrogens with one attached hydrogen (secondary N) is 1. The maximum atomic E-state index is 12.1. The van der Waals surface area contributed by atoms with Crippen molar-refractivity contribution in [3.8, 4) is 0 Å². The molecule has 4 rings (SSSR count). The van der Waals surface area contributed by atoms with E-state index >= 15 is 0 Å². The number of fused-ring (bicyclic) bond motifs is 1. The summed E-state index contributed by atoms with van der Waals surface area (Å²) in [5, 5.41) is 3.64. The van der Waals surface area contributed by atoms with E-state index in [9.17, 15) is 9.59 Å². The Morgan fingerprint density at radius 3 is 2.71 bits per heavy atom. The Labute approximate surface area is 164 Å². The number of hydrogen-bond acceptors (Lipinski definition) is 4. The number of hydrogen-bond donors (Lipinski definition) is 1. The van der Waals surface area contributed by atoms with Crippen molar-refractivity contribution in [1.82, 2.24) is 4.90 Å². The SMILES string of the molecule is CC(=O)Nc1ccc2c(CN3CCCC3c3ccc(C)cc3)cc(=O)oc2c1. The Balaban J connectivity index is 1.65. The zero-order chi connectivity index (χ0) is 19.7. The van der Waals surface area contributed by atoms with Crippen LogP contribution in [-0.2, 0) is 11.3 Å². The summed E-state index contributed by atoms with van der Waals surface area (Å²) in [4.78, 5) is 25.9. The third-order valence-corrected chi connectivity index (χ3v) is 5.35. The number of aryl methyl sites for hydroxylation is 1. The monoisotopic (exact) mass is 376 g/mol. The molecule has 5 nitrogen and oxygen atoms in total. The van der Waals surface area contributed by atoms with Gasteiger partial charge in [0, 0.05) is 42.7 Å². The standard InChI is InChI=1S/C23H24N2O3/c1-15-5-7-17(8-6-15)21-4-3-11-25(21)14-18-12-23(27)28-22-13-19(24-16(2)26)9-10-20(18)22/h5-10,12-13,21H,3-4,11,14H2,1-2H3,(H,24,26). The summed E-state index contributed by atoms with van der Waals surface area (Å²) in [5.41, 5.74) is 4.30. The molecule has 1 saturated heterocycles. The van der Waals surface area contributed by atoms with Crippen molar-refractivity contribution in [2.45, 2.75) is 39.3 Å². The quantitative estimate of drug-likeness (QED) is 0.686. The second-order valence-electron chi connectivity index (χ2n) is 7.52. The van der Waals surface area contributed by atoms with Gasteiger partial charge in [0.2, 0.25) is 5.91 Å². The Bertz CT molecular complexity index is 1070. The molecular formula is C23H24N2O3. The van der Waals surface area contributed by atoms with Crippen LogP contribution in [0, 0.1) is 6.92 Å². The molecule has 1 amide bonds. The first-order valence-corrected chi connectivity index (χ1v) is 9.64. The number of likely N-dealkylation sites (tertiary alicyclic amines) is 1. The first kappa shape index (κ1) is 18.4. The first-order chi connectivity index (χ1) is 13.5. The Kier molecular flexibility index (Phi) is 5.01. The van der Waals surface area contributed by atoms with Crippen LogP contribution in [0.1, 0.15) is 42.5 Å². The van der Waals surface area contributed by atoms with Gasteiger partial charge in [0.15, 0.2) is 0 Å². The van der Waals surface area contributed by atoms with Gasteiger partial charge in [-0.3, -0.25) is 9.69 Å². The molecule has 1 N–H and O–H groups in total. The van der Waals surface area contributed by atoms with E-state index in [0.717, 1.165) is 30.3 Å². The number of amides is 1. The van der Waals surface area contributed by atoms with E-state index in [4.69, 9.17) is 4.42 Å². The van der Waals surface area contributed by atoms with E-state index in [-0.39, 0.29) is 11.5 Å². The molecular weight excluding hydrogens is 352 g/mol. The highest BCUT2D eigenvalue weighted by Gasteiger charge is 2.26. The summed E-state index contributed by atoms with van der Waals surface area (Å²) in [5.74, 6) is -0.157. The minimum absolute atomic E-state index is 0.157. The van der Waals surface area contributed by atoms with Crippen molar-refractivity contribution in [2.24, 2.45) is 0 Å². The average molecular weight is 376 g/mol. The molecule has 3 aromatic rings. The summed E-state index contributed by atoms with van der Waals surface area (Å²) < 4.78 is 5.39. The highest BCUT2D eigenvalue weighted by molar-refractivity contribution is 5.92. The predicted octanol–water partition coefficient (Wildman–Crippen LogP) is 4.40. The number of anilines is 1. The van der Waals surface area contributed by atoms with Gasteiger partial charge in [-0.2, -0.15) is 0 Å². The third kappa shape index (κ3) is 3.85. The van der Waals surface area contributed by atoms with E-state index in [0.29, 0.717) is 23.9 Å². The lowest BCUT2D eigenvalue weighted by atomic mass is 10.0. The van der Waals surface area contributed by atoms with Gasteiger partial charge in [-0.1, -0.05) is 29.8 Å². The van der Waals surface area contributed by atoms with Crippen LogP contribution in [-0.4, -0.2) is 17.4 Å². The molecule has 1 aromatic heterocycles. The lowest BCUT2D eigenvalue weighted by Gasteiger charge is -2.25. The summed E-state index contributed by atoms with van der Waals surface area (Å²) in [6.45, 7) is 5.25. The van der Waals surface area contributed by atoms with Crippen molar-refractivity contribution >= 4 is 22.6 Å². The molecule has 5 heteroatoms. The maximum absolute atomic E-state index is 12.1. The van der Waals surface area contributed by atoms with Crippen molar-refractivity contribution in [2.75, 3.05) is 11.9 Å². The topological polar surface area (TPSA) is 62.6 Å². The molecule has 2 aromatic carbocycles. The molecule has 0 aliphatic carbocycles. The lowest BCUT2D eigenvalue weighted by molar-refractivity contribution is -0.114. The van der Waals surface area contributed by atoms with Crippen molar-refractivity contribution in [1.29, 1.82) is 0 Å². The van der Waals surface area contributed by atoms with E-state index in [1.165, 1.54) is 18.1 Å². The summed E-state index contributed by atoms with van der Waals surface area (Å²) >= 11 is 0. The molecule has 1 fully saturated rings. The van der Waals surface area contributed by atoms with Gasteiger partial charge >= 0.3 is 5.63 Å². The molecule has 1 unspecified atom stereocenters. The van der Waals surface area contributed by atoms with Crippen molar-refractivity contribution < 1.29 is 9.21 Å². The number of carbonyl (C=O) groups is 1. The van der Waals surface area contributed by atoms with Gasteiger partial charge in [-0.05, 0) is 49.6 Å². The van der Waals surface area contributed by atoms with Crippen LogP contribution < -0.4 is 10.9 Å². The van der Waals surface area contributed by atoms with Gasteiger partial charge in [0.25, 0.3) is 0 Å². The third-order valence-electron chi connectivity index (χ3n) is 5.35. The van der Waals surface area contributed by atoms with Crippen LogP contribution in [0.5, 0.6) is 0 Å². The van der Waals surface area contributed by atoms with Gasteiger partial charge < -0.3 is 9.73 Å². The molecule has 2 heterocycles. The Hall–Kier alpha value is -2.92. The van der Waals surface area contributed by atoms with Crippen molar-refractivity contribution in [3.05, 3.63) is 75.6 Å². The minimum Gasteiger partial charge on any atom is -0.423 e. The van der Waals surface area contributed by atoms with Crippen LogP contribution >= 0.6 is 0 Å². The van der Waals surface area contributed by atoms with Gasteiger partial charge in [0.1, 0.15) is 5.58 Å². The zero-order valence-corrected chi connectivity index (χ0v) is 16.2. The minimum atomic E-state index is -0.367. The fourth-order valence-corrected chi connectivity index (χ4v) is 4.04. The van der Waals surface area contributed by atoms with Crippen LogP contribution in [0.2, 0.25) is 0 Å². The predicted molar refractivity (Wildman–Crippen MR) is 110 cm³/mol. The molecule has 0 radical (unpaired) electrons. The molecule has 144 valence electrons. The summed E-state index contributed by atoms with van der Waals surface area (Å²) in [6, 6.07) is 16.1. The first-order valence-electron chi connectivity index (χ1n) is 9.64. The molecule has 0 spiro atoms. The second-order valence-corrected chi connectivity index (χ2v) is 7.52. The summed E-state index contributed by atoms with van der Waals surface area (Å²) in [7, 11) is 0. The van der Waals surface area contributed by atoms with Crippen LogP contribution in [0.25, 0.3) is 11.0 Å². The lowest BCUT2D eigenvalue weighted by Crippen LogP contribution is -2.23. The highest BCUT2D eigenvalue weighted by atomic mass is 16.4. The largest absolute Gasteiger partial charge is 0.423 e. The van der Waals surface area contributed by atoms with Crippen LogP contribution in [0.3, 0.4) is 0 Å². The van der Waals surface area contributed by atoms with Crippen LogP contribution in [0.4, 0.5) is 5.69 Å². The maximum Gasteiger partial charge on any atom is 0.336 e. The van der Waals surface area contributed by atoms with E-state index in [1.807, 2.05) is 12.1 Å². The van der Waals surface area contributed by atoms with E-state index < -0.39 is 0 Å². The average Bonchev–Trinajstić information content (AvgIpc) is 3.09. The second kappa shape index (κ2) is 7.60. The molecule has 0 bridgehead atoms. The van der Waals surface area contributed by atoms with Crippen LogP contribution in [0.15, 0.2) is 57.7 Å². The number of nitrogens with zero attached hydrogens (tertiary/aromatic N) is 1. The molecule has 1 aliphatic rings. The Morgan fingerprint density at radius 1 is 1.18 bits per heavy atom. The van der Waals surface area contributed by atoms with Gasteiger partial charge in [0.05, 0.1) is 0 Å². The number of rotatable bonds is 4. The fourth-order valence-electron chi connectivity index (χ4n) is 4.04. The van der Waals surface area contributed by atoms with Crippen molar-refractivity contribution in [3.63, 3.8) is 0 Å². The molecule has 0 saturated carbocycles. The summed E-state index contributed by atoms with van der Waals surface area (Å²) in [6.07, 6.45) is 2.26. The molecule has 28 heavy (non-hydrogen) atoms. The highest BCUT2D eigenvalue weighted by Crippen LogP contribution is 2.34. The fraction of sp³-hybridized carbons (Fsp3) is 0.304. The number of benzene rings is 2. The number of carbonyl (C=O) groups excluding carboxylic acids is 1. The van der Waals surface area contributed by atoms with E-state index in [1.54, 1.807) is 12.1 Å². The normalized spacial score (nSPS) is 17.1. The van der Waals surface area contributed by atoms with Gasteiger partial charge in [-0.25, -0.2) is 4.79 Å². The Morgan fingerprint density at radius 2 is 1.96 bits per heavy atom. The van der Waals surface area contributed by atoms with Gasteiger partial charge in [-0.15, -0.1) is 0 Å².